The maximum atomic E-state index is 13.1. The standard InChI is InChI=1S/C21H21FN2O3S/c1-12-4-5-13(2)16(10-12)19-18(20(25)27-3)17(23-21(26)24-19)11-28-15-8-6-14(22)7-9-15/h4-10,19H,11H2,1-3H3,(H2,23,24,26)/t19-/m0/s1. The van der Waals surface area contributed by atoms with Gasteiger partial charge in [-0.3, -0.25) is 0 Å². The highest BCUT2D eigenvalue weighted by atomic mass is 32.2. The number of carbonyl (C=O) groups is 2. The second kappa shape index (κ2) is 8.48. The van der Waals surface area contributed by atoms with Crippen LogP contribution in [0.25, 0.3) is 0 Å². The number of urea groups is 1. The van der Waals surface area contributed by atoms with Gasteiger partial charge in [0.2, 0.25) is 0 Å². The van der Waals surface area contributed by atoms with Crippen molar-refractivity contribution in [2.75, 3.05) is 12.9 Å². The molecule has 7 heteroatoms. The monoisotopic (exact) mass is 400 g/mol. The van der Waals surface area contributed by atoms with Gasteiger partial charge in [-0.1, -0.05) is 23.8 Å². The van der Waals surface area contributed by atoms with Crippen LogP contribution < -0.4 is 10.6 Å². The first kappa shape index (κ1) is 19.9. The lowest BCUT2D eigenvalue weighted by Crippen LogP contribution is -2.46. The van der Waals surface area contributed by atoms with Crippen molar-refractivity contribution in [1.29, 1.82) is 0 Å². The number of aryl methyl sites for hydroxylation is 2. The fraction of sp³-hybridized carbons (Fsp3) is 0.238. The predicted molar refractivity (Wildman–Crippen MR) is 106 cm³/mol. The Labute approximate surface area is 167 Å². The summed E-state index contributed by atoms with van der Waals surface area (Å²) < 4.78 is 18.1. The zero-order valence-electron chi connectivity index (χ0n) is 15.8. The van der Waals surface area contributed by atoms with Crippen LogP contribution in [0, 0.1) is 19.7 Å². The van der Waals surface area contributed by atoms with Gasteiger partial charge < -0.3 is 15.4 Å². The number of hydrogen-bond donors (Lipinski definition) is 2. The zero-order chi connectivity index (χ0) is 20.3. The van der Waals surface area contributed by atoms with Crippen LogP contribution >= 0.6 is 11.8 Å². The first-order valence-corrected chi connectivity index (χ1v) is 9.72. The number of rotatable bonds is 5. The van der Waals surface area contributed by atoms with Gasteiger partial charge in [-0.25, -0.2) is 14.0 Å². The highest BCUT2D eigenvalue weighted by Gasteiger charge is 2.34. The predicted octanol–water partition coefficient (Wildman–Crippen LogP) is 4.02. The van der Waals surface area contributed by atoms with E-state index in [4.69, 9.17) is 4.74 Å². The Morgan fingerprint density at radius 2 is 1.89 bits per heavy atom. The molecule has 2 aromatic carbocycles. The minimum absolute atomic E-state index is 0.316. The molecule has 2 amide bonds. The van der Waals surface area contributed by atoms with Gasteiger partial charge in [-0.15, -0.1) is 11.8 Å². The SMILES string of the molecule is COC(=O)C1=C(CSc2ccc(F)cc2)NC(=O)N[C@H]1c1cc(C)ccc1C. The van der Waals surface area contributed by atoms with E-state index in [1.54, 1.807) is 12.1 Å². The summed E-state index contributed by atoms with van der Waals surface area (Å²) >= 11 is 1.40. The number of esters is 1. The van der Waals surface area contributed by atoms with E-state index in [0.717, 1.165) is 21.6 Å². The number of nitrogens with one attached hydrogen (secondary N) is 2. The molecule has 3 rings (SSSR count). The summed E-state index contributed by atoms with van der Waals surface area (Å²) in [6.07, 6.45) is 0. The molecular formula is C21H21FN2O3S. The highest BCUT2D eigenvalue weighted by Crippen LogP contribution is 2.32. The van der Waals surface area contributed by atoms with Crippen molar-refractivity contribution in [2.45, 2.75) is 24.8 Å². The van der Waals surface area contributed by atoms with Gasteiger partial charge >= 0.3 is 12.0 Å². The molecule has 0 saturated heterocycles. The highest BCUT2D eigenvalue weighted by molar-refractivity contribution is 7.99. The molecule has 28 heavy (non-hydrogen) atoms. The number of ether oxygens (including phenoxy) is 1. The largest absolute Gasteiger partial charge is 0.466 e. The van der Waals surface area contributed by atoms with Crippen molar-refractivity contribution in [1.82, 2.24) is 10.6 Å². The summed E-state index contributed by atoms with van der Waals surface area (Å²) in [5.74, 6) is -0.484. The smallest absolute Gasteiger partial charge is 0.338 e. The molecule has 1 atom stereocenters. The van der Waals surface area contributed by atoms with Gasteiger partial charge in [-0.2, -0.15) is 0 Å². The van der Waals surface area contributed by atoms with Crippen LogP contribution in [0.5, 0.6) is 0 Å². The van der Waals surface area contributed by atoms with Crippen LogP contribution in [-0.2, 0) is 9.53 Å². The second-order valence-corrected chi connectivity index (χ2v) is 7.57. The van der Waals surface area contributed by atoms with Crippen molar-refractivity contribution in [3.63, 3.8) is 0 Å². The third-order valence-corrected chi connectivity index (χ3v) is 5.54. The Hall–Kier alpha value is -2.80. The molecular weight excluding hydrogens is 379 g/mol. The van der Waals surface area contributed by atoms with E-state index in [1.807, 2.05) is 32.0 Å². The van der Waals surface area contributed by atoms with E-state index >= 15 is 0 Å². The maximum Gasteiger partial charge on any atom is 0.338 e. The average Bonchev–Trinajstić information content (AvgIpc) is 2.68. The van der Waals surface area contributed by atoms with Crippen LogP contribution in [0.1, 0.15) is 22.7 Å². The average molecular weight is 400 g/mol. The van der Waals surface area contributed by atoms with E-state index in [-0.39, 0.29) is 11.8 Å². The molecule has 0 fully saturated rings. The van der Waals surface area contributed by atoms with Gasteiger partial charge in [0.05, 0.1) is 18.7 Å². The number of hydrogen-bond acceptors (Lipinski definition) is 4. The molecule has 0 radical (unpaired) electrons. The molecule has 5 nitrogen and oxygen atoms in total. The van der Waals surface area contributed by atoms with Crippen LogP contribution in [0.15, 0.2) is 58.6 Å². The molecule has 0 saturated carbocycles. The zero-order valence-corrected chi connectivity index (χ0v) is 16.7. The molecule has 0 bridgehead atoms. The Bertz CT molecular complexity index is 941. The summed E-state index contributed by atoms with van der Waals surface area (Å²) in [4.78, 5) is 25.7. The lowest BCUT2D eigenvalue weighted by atomic mass is 9.91. The summed E-state index contributed by atoms with van der Waals surface area (Å²) in [6, 6.07) is 11.0. The van der Waals surface area contributed by atoms with Crippen molar-refractivity contribution in [3.05, 3.63) is 76.2 Å². The van der Waals surface area contributed by atoms with Crippen molar-refractivity contribution < 1.29 is 18.7 Å². The number of benzene rings is 2. The van der Waals surface area contributed by atoms with Crippen molar-refractivity contribution in [2.24, 2.45) is 0 Å². The van der Waals surface area contributed by atoms with Gasteiger partial charge in [0.25, 0.3) is 0 Å². The van der Waals surface area contributed by atoms with Crippen LogP contribution in [0.2, 0.25) is 0 Å². The minimum atomic E-state index is -0.607. The molecule has 146 valence electrons. The van der Waals surface area contributed by atoms with Crippen LogP contribution in [0.3, 0.4) is 0 Å². The van der Waals surface area contributed by atoms with Gasteiger partial charge in [0, 0.05) is 16.3 Å². The number of halogens is 1. The first-order valence-electron chi connectivity index (χ1n) is 8.73. The first-order chi connectivity index (χ1) is 13.4. The van der Waals surface area contributed by atoms with E-state index in [1.165, 1.54) is 31.0 Å². The van der Waals surface area contributed by atoms with Gasteiger partial charge in [0.15, 0.2) is 0 Å². The topological polar surface area (TPSA) is 67.4 Å². The Morgan fingerprint density at radius 3 is 2.57 bits per heavy atom. The fourth-order valence-electron chi connectivity index (χ4n) is 3.07. The van der Waals surface area contributed by atoms with Crippen molar-refractivity contribution in [3.8, 4) is 0 Å². The van der Waals surface area contributed by atoms with Crippen LogP contribution in [-0.4, -0.2) is 24.9 Å². The van der Waals surface area contributed by atoms with E-state index < -0.39 is 12.0 Å². The second-order valence-electron chi connectivity index (χ2n) is 6.52. The molecule has 2 N–H and O–H groups in total. The third kappa shape index (κ3) is 4.36. The summed E-state index contributed by atoms with van der Waals surface area (Å²) in [6.45, 7) is 3.89. The van der Waals surface area contributed by atoms with E-state index in [2.05, 4.69) is 10.6 Å². The Balaban J connectivity index is 2.00. The van der Waals surface area contributed by atoms with E-state index in [9.17, 15) is 14.0 Å². The molecule has 0 spiro atoms. The molecule has 2 aromatic rings. The number of methoxy groups -OCH3 is 1. The summed E-state index contributed by atoms with van der Waals surface area (Å²) in [7, 11) is 1.32. The van der Waals surface area contributed by atoms with Crippen LogP contribution in [0.4, 0.5) is 9.18 Å². The van der Waals surface area contributed by atoms with E-state index in [0.29, 0.717) is 17.0 Å². The van der Waals surface area contributed by atoms with Gasteiger partial charge in [0.1, 0.15) is 5.82 Å². The minimum Gasteiger partial charge on any atom is -0.466 e. The molecule has 0 unspecified atom stereocenters. The fourth-order valence-corrected chi connectivity index (χ4v) is 3.94. The molecule has 1 aliphatic rings. The lowest BCUT2D eigenvalue weighted by molar-refractivity contribution is -0.136. The number of carbonyl (C=O) groups excluding carboxylic acids is 2. The Kier molecular flexibility index (Phi) is 6.04. The molecule has 1 heterocycles. The molecule has 0 aromatic heterocycles. The van der Waals surface area contributed by atoms with Crippen molar-refractivity contribution >= 4 is 23.8 Å². The lowest BCUT2D eigenvalue weighted by Gasteiger charge is -2.30. The number of thioether (sulfide) groups is 1. The molecule has 1 aliphatic heterocycles. The Morgan fingerprint density at radius 1 is 1.18 bits per heavy atom. The number of amides is 2. The normalized spacial score (nSPS) is 16.4. The quantitative estimate of drug-likeness (QED) is 0.588. The summed E-state index contributed by atoms with van der Waals surface area (Å²) in [5, 5.41) is 5.57. The summed E-state index contributed by atoms with van der Waals surface area (Å²) in [5.41, 5.74) is 3.69. The third-order valence-electron chi connectivity index (χ3n) is 4.50. The van der Waals surface area contributed by atoms with Gasteiger partial charge in [-0.05, 0) is 49.2 Å². The molecule has 0 aliphatic carbocycles. The maximum absolute atomic E-state index is 13.1.